The van der Waals surface area contributed by atoms with E-state index in [-0.39, 0.29) is 25.3 Å². The summed E-state index contributed by atoms with van der Waals surface area (Å²) in [6, 6.07) is 4.76. The van der Waals surface area contributed by atoms with Crippen LogP contribution in [-0.2, 0) is 25.9 Å². The van der Waals surface area contributed by atoms with E-state index in [0.717, 1.165) is 13.4 Å². The van der Waals surface area contributed by atoms with Crippen LogP contribution in [0.1, 0.15) is 18.9 Å². The van der Waals surface area contributed by atoms with Gasteiger partial charge >= 0.3 is 12.2 Å². The number of likely N-dealkylation sites (tertiary alicyclic amines) is 1. The number of hydrogen-bond donors (Lipinski definition) is 0. The van der Waals surface area contributed by atoms with Gasteiger partial charge in [-0.3, -0.25) is 10.1 Å². The van der Waals surface area contributed by atoms with E-state index in [1.165, 1.54) is 24.3 Å². The molecule has 1 aliphatic heterocycles. The molecule has 0 radical (unpaired) electrons. The minimum atomic E-state index is -3.46. The number of nitrogens with zero attached hydrogens (tertiary/aromatic N) is 2. The van der Waals surface area contributed by atoms with E-state index >= 15 is 0 Å². The van der Waals surface area contributed by atoms with Crippen molar-refractivity contribution >= 4 is 27.7 Å². The molecule has 0 spiro atoms. The first kappa shape index (κ1) is 20.8. The lowest BCUT2D eigenvalue weighted by atomic mass is 10.2. The quantitative estimate of drug-likeness (QED) is 0.425. The molecular weight excluding hydrogens is 380 g/mol. The summed E-state index contributed by atoms with van der Waals surface area (Å²) < 4.78 is 32.9. The van der Waals surface area contributed by atoms with Crippen LogP contribution in [0.5, 0.6) is 0 Å². The molecule has 0 bridgehead atoms. The number of rotatable bonds is 4. The second kappa shape index (κ2) is 7.61. The Morgan fingerprint density at radius 1 is 1.26 bits per heavy atom. The van der Waals surface area contributed by atoms with Gasteiger partial charge < -0.3 is 9.47 Å². The lowest BCUT2D eigenvalue weighted by molar-refractivity contribution is -0.795. The first-order chi connectivity index (χ1) is 12.5. The molecule has 0 aliphatic carbocycles. The predicted octanol–water partition coefficient (Wildman–Crippen LogP) is 2.02. The second-order valence-electron chi connectivity index (χ2n) is 6.54. The van der Waals surface area contributed by atoms with Crippen molar-refractivity contribution in [2.45, 2.75) is 31.2 Å². The number of nitro groups is 1. The monoisotopic (exact) mass is 401 g/mol. The third-order valence-corrected chi connectivity index (χ3v) is 6.34. The van der Waals surface area contributed by atoms with Crippen molar-refractivity contribution in [2.75, 3.05) is 19.9 Å². The van der Waals surface area contributed by atoms with Crippen molar-refractivity contribution in [3.05, 3.63) is 39.9 Å². The average Bonchev–Trinajstić information content (AvgIpc) is 2.98. The van der Waals surface area contributed by atoms with Gasteiger partial charge in [0, 0.05) is 24.8 Å². The van der Waals surface area contributed by atoms with Gasteiger partial charge in [-0.25, -0.2) is 8.42 Å². The molecule has 3 atom stereocenters. The van der Waals surface area contributed by atoms with Crippen molar-refractivity contribution in [1.82, 2.24) is 0 Å². The van der Waals surface area contributed by atoms with Crippen molar-refractivity contribution in [3.8, 4) is 0 Å². The number of benzene rings is 1. The number of carbonyl (C=O) groups excluding carboxylic acids is 2. The van der Waals surface area contributed by atoms with Gasteiger partial charge in [0.15, 0.2) is 9.84 Å². The molecule has 2 unspecified atom stereocenters. The summed E-state index contributed by atoms with van der Waals surface area (Å²) in [5, 5.41) is 9.81. The lowest BCUT2D eigenvalue weighted by Gasteiger charge is -2.29. The molecule has 1 aromatic rings. The third-order valence-electron chi connectivity index (χ3n) is 4.79. The Morgan fingerprint density at radius 3 is 2.30 bits per heavy atom. The number of ether oxygens (including phenoxy) is 2. The number of carbonyl (C=O) groups is 2. The largest absolute Gasteiger partial charge is 0.527 e. The van der Waals surface area contributed by atoms with Gasteiger partial charge in [-0.05, 0) is 24.6 Å². The molecule has 1 aromatic carbocycles. The molecule has 148 valence electrons. The van der Waals surface area contributed by atoms with Crippen molar-refractivity contribution in [2.24, 2.45) is 0 Å². The van der Waals surface area contributed by atoms with Crippen LogP contribution in [-0.4, -0.2) is 61.2 Å². The van der Waals surface area contributed by atoms with Crippen LogP contribution >= 0.6 is 0 Å². The van der Waals surface area contributed by atoms with Crippen LogP contribution in [0.25, 0.3) is 0 Å². The van der Waals surface area contributed by atoms with Crippen LogP contribution in [0, 0.1) is 10.1 Å². The van der Waals surface area contributed by atoms with Gasteiger partial charge in [-0.1, -0.05) is 0 Å². The number of methoxy groups -OCH3 is 1. The van der Waals surface area contributed by atoms with Gasteiger partial charge in [-0.2, -0.15) is 9.59 Å². The molecule has 1 aliphatic rings. The second-order valence-corrected chi connectivity index (χ2v) is 8.86. The van der Waals surface area contributed by atoms with Gasteiger partial charge in [0.1, 0.15) is 24.4 Å². The first-order valence-electron chi connectivity index (χ1n) is 8.08. The standard InChI is InChI=1S/C16H21N2O8S/c1-11-8-14(27(3,23)24)9-18(11,15(19)25-2)16(20)26-10-12-4-6-13(7-5-12)17(21)22/h4-7,11,14H,8-10H2,1-3H3/q+1/t11-,14?,18?/m1/s1. The highest BCUT2D eigenvalue weighted by atomic mass is 32.2. The van der Waals surface area contributed by atoms with E-state index < -0.39 is 42.7 Å². The zero-order valence-corrected chi connectivity index (χ0v) is 16.0. The summed E-state index contributed by atoms with van der Waals surface area (Å²) in [4.78, 5) is 35.2. The summed E-state index contributed by atoms with van der Waals surface area (Å²) >= 11 is 0. The number of non-ortho nitro benzene ring substituents is 1. The molecular formula is C16H21N2O8S+. The fourth-order valence-electron chi connectivity index (χ4n) is 3.17. The number of nitro benzene ring substituents is 1. The highest BCUT2D eigenvalue weighted by molar-refractivity contribution is 7.91. The predicted molar refractivity (Wildman–Crippen MR) is 93.5 cm³/mol. The van der Waals surface area contributed by atoms with Gasteiger partial charge in [-0.15, -0.1) is 4.48 Å². The van der Waals surface area contributed by atoms with Crippen LogP contribution < -0.4 is 0 Å². The highest BCUT2D eigenvalue weighted by Gasteiger charge is 2.60. The Labute approximate surface area is 156 Å². The zero-order valence-electron chi connectivity index (χ0n) is 15.2. The summed E-state index contributed by atoms with van der Waals surface area (Å²) in [6.45, 7) is 1.12. The molecule has 0 N–H and O–H groups in total. The average molecular weight is 401 g/mol. The molecule has 1 heterocycles. The fourth-order valence-corrected chi connectivity index (χ4v) is 4.30. The Bertz CT molecular complexity index is 852. The molecule has 27 heavy (non-hydrogen) atoms. The van der Waals surface area contributed by atoms with Gasteiger partial charge in [0.2, 0.25) is 0 Å². The number of hydrogen-bond acceptors (Lipinski definition) is 8. The van der Waals surface area contributed by atoms with Gasteiger partial charge in [0.25, 0.3) is 5.69 Å². The minimum absolute atomic E-state index is 0.104. The topological polar surface area (TPSA) is 130 Å². The van der Waals surface area contributed by atoms with E-state index in [0.29, 0.717) is 5.56 Å². The van der Waals surface area contributed by atoms with Crippen LogP contribution in [0.15, 0.2) is 24.3 Å². The molecule has 0 saturated carbocycles. The number of sulfone groups is 1. The minimum Gasteiger partial charge on any atom is -0.423 e. The third kappa shape index (κ3) is 4.08. The summed E-state index contributed by atoms with van der Waals surface area (Å²) in [6.07, 6.45) is -0.619. The molecule has 2 rings (SSSR count). The van der Waals surface area contributed by atoms with Crippen LogP contribution in [0.3, 0.4) is 0 Å². The first-order valence-corrected chi connectivity index (χ1v) is 10.0. The maximum atomic E-state index is 12.7. The summed E-state index contributed by atoms with van der Waals surface area (Å²) in [5.74, 6) is 0. The summed E-state index contributed by atoms with van der Waals surface area (Å²) in [7, 11) is -2.34. The number of imide groups is 1. The molecule has 2 amide bonds. The SMILES string of the molecule is COC(=O)[N+]1(C(=O)OCc2ccc([N+](=O)[O-])cc2)CC(S(C)(=O)=O)C[C@H]1C. The van der Waals surface area contributed by atoms with Crippen molar-refractivity contribution < 1.29 is 36.9 Å². The van der Waals surface area contributed by atoms with E-state index in [1.807, 2.05) is 0 Å². The molecule has 10 nitrogen and oxygen atoms in total. The number of quaternary nitrogens is 1. The Morgan fingerprint density at radius 2 is 1.85 bits per heavy atom. The van der Waals surface area contributed by atoms with E-state index in [2.05, 4.69) is 0 Å². The zero-order chi connectivity index (χ0) is 20.4. The molecule has 0 aromatic heterocycles. The molecule has 11 heteroatoms. The Hall–Kier alpha value is -2.53. The Balaban J connectivity index is 2.21. The van der Waals surface area contributed by atoms with Crippen molar-refractivity contribution in [3.63, 3.8) is 0 Å². The smallest absolute Gasteiger partial charge is 0.423 e. The van der Waals surface area contributed by atoms with E-state index in [1.54, 1.807) is 6.92 Å². The maximum absolute atomic E-state index is 12.7. The van der Waals surface area contributed by atoms with Crippen LogP contribution in [0.4, 0.5) is 15.3 Å². The highest BCUT2D eigenvalue weighted by Crippen LogP contribution is 2.33. The normalized spacial score (nSPS) is 25.0. The van der Waals surface area contributed by atoms with E-state index in [4.69, 9.17) is 9.47 Å². The fraction of sp³-hybridized carbons (Fsp3) is 0.500. The lowest BCUT2D eigenvalue weighted by Crippen LogP contribution is -2.59. The Kier molecular flexibility index (Phi) is 5.85. The maximum Gasteiger partial charge on any atom is 0.527 e. The van der Waals surface area contributed by atoms with Gasteiger partial charge in [0.05, 0.1) is 12.0 Å². The van der Waals surface area contributed by atoms with E-state index in [9.17, 15) is 28.1 Å². The summed E-state index contributed by atoms with van der Waals surface area (Å²) in [5.41, 5.74) is 0.385. The van der Waals surface area contributed by atoms with Crippen LogP contribution in [0.2, 0.25) is 0 Å². The number of amides is 2. The molecule has 1 fully saturated rings. The van der Waals surface area contributed by atoms with Crippen molar-refractivity contribution in [1.29, 1.82) is 0 Å². The molecule has 1 saturated heterocycles.